The van der Waals surface area contributed by atoms with Crippen LogP contribution in [0.1, 0.15) is 21.7 Å². The summed E-state index contributed by atoms with van der Waals surface area (Å²) in [6, 6.07) is 5.21. The van der Waals surface area contributed by atoms with Gasteiger partial charge >= 0.3 is 0 Å². The van der Waals surface area contributed by atoms with E-state index in [4.69, 9.17) is 9.47 Å². The van der Waals surface area contributed by atoms with Crippen molar-refractivity contribution in [3.63, 3.8) is 0 Å². The van der Waals surface area contributed by atoms with Crippen molar-refractivity contribution in [2.24, 2.45) is 0 Å². The first-order chi connectivity index (χ1) is 8.84. The molecule has 0 amide bonds. The molecule has 0 bridgehead atoms. The zero-order valence-corrected chi connectivity index (χ0v) is 10.3. The summed E-state index contributed by atoms with van der Waals surface area (Å²) in [6.07, 6.45) is 2.31. The molecule has 0 N–H and O–H groups in total. The first kappa shape index (κ1) is 11.2. The zero-order valence-electron chi connectivity index (χ0n) is 9.46. The second kappa shape index (κ2) is 4.73. The molecule has 0 saturated heterocycles. The fraction of sp³-hybridized carbons (Fsp3) is 0.250. The molecule has 2 aromatic rings. The highest BCUT2D eigenvalue weighted by atomic mass is 32.1. The minimum Gasteiger partial charge on any atom is -0.490 e. The van der Waals surface area contributed by atoms with Gasteiger partial charge in [-0.2, -0.15) is 0 Å². The van der Waals surface area contributed by atoms with E-state index < -0.39 is 0 Å². The van der Waals surface area contributed by atoms with E-state index in [-0.39, 0.29) is 5.78 Å². The van der Waals surface area contributed by atoms with E-state index in [1.54, 1.807) is 18.2 Å². The molecule has 0 atom stereocenters. The summed E-state index contributed by atoms with van der Waals surface area (Å²) in [5, 5.41) is 3.66. The van der Waals surface area contributed by atoms with E-state index in [2.05, 4.69) is 9.59 Å². The van der Waals surface area contributed by atoms with Crippen LogP contribution in [0.25, 0.3) is 0 Å². The van der Waals surface area contributed by atoms with Crippen LogP contribution < -0.4 is 9.47 Å². The van der Waals surface area contributed by atoms with Crippen LogP contribution in [0.15, 0.2) is 24.4 Å². The van der Waals surface area contributed by atoms with Crippen molar-refractivity contribution >= 4 is 17.3 Å². The number of hydrogen-bond acceptors (Lipinski definition) is 6. The van der Waals surface area contributed by atoms with Gasteiger partial charge in [0.2, 0.25) is 5.78 Å². The molecule has 18 heavy (non-hydrogen) atoms. The lowest BCUT2D eigenvalue weighted by Gasteiger charge is -2.08. The number of aromatic nitrogens is 2. The van der Waals surface area contributed by atoms with Crippen LogP contribution in [0.4, 0.5) is 0 Å². The zero-order chi connectivity index (χ0) is 12.4. The Balaban J connectivity index is 1.94. The van der Waals surface area contributed by atoms with E-state index in [1.165, 1.54) is 6.20 Å². The van der Waals surface area contributed by atoms with Crippen molar-refractivity contribution in [1.29, 1.82) is 0 Å². The largest absolute Gasteiger partial charge is 0.490 e. The SMILES string of the molecule is O=C(c1ccc2c(c1)OCCCO2)c1cnns1. The minimum atomic E-state index is -0.0966. The number of rotatable bonds is 2. The van der Waals surface area contributed by atoms with E-state index in [9.17, 15) is 4.79 Å². The molecule has 0 radical (unpaired) electrons. The van der Waals surface area contributed by atoms with Crippen molar-refractivity contribution in [2.45, 2.75) is 6.42 Å². The normalized spacial score (nSPS) is 14.0. The van der Waals surface area contributed by atoms with E-state index in [0.717, 1.165) is 18.0 Å². The Morgan fingerprint density at radius 1 is 1.22 bits per heavy atom. The molecule has 0 saturated carbocycles. The number of fused-ring (bicyclic) bond motifs is 1. The Labute approximate surface area is 108 Å². The first-order valence-electron chi connectivity index (χ1n) is 5.56. The lowest BCUT2D eigenvalue weighted by molar-refractivity contribution is 0.104. The van der Waals surface area contributed by atoms with Crippen LogP contribution in [0, 0.1) is 0 Å². The number of ether oxygens (including phenoxy) is 2. The van der Waals surface area contributed by atoms with Crippen LogP contribution in [-0.4, -0.2) is 28.6 Å². The van der Waals surface area contributed by atoms with Crippen LogP contribution >= 0.6 is 11.5 Å². The summed E-state index contributed by atoms with van der Waals surface area (Å²) in [4.78, 5) is 12.6. The van der Waals surface area contributed by atoms with Crippen LogP contribution in [-0.2, 0) is 0 Å². The molecular weight excluding hydrogens is 252 g/mol. The summed E-state index contributed by atoms with van der Waals surface area (Å²) in [5.74, 6) is 1.21. The molecule has 3 rings (SSSR count). The second-order valence-electron chi connectivity index (χ2n) is 3.82. The van der Waals surface area contributed by atoms with Gasteiger partial charge in [0.1, 0.15) is 4.88 Å². The van der Waals surface area contributed by atoms with Crippen molar-refractivity contribution in [1.82, 2.24) is 9.59 Å². The molecular formula is C12H10N2O3S. The predicted octanol–water partition coefficient (Wildman–Crippen LogP) is 1.93. The van der Waals surface area contributed by atoms with Gasteiger partial charge in [-0.3, -0.25) is 4.79 Å². The van der Waals surface area contributed by atoms with Gasteiger partial charge < -0.3 is 9.47 Å². The Morgan fingerprint density at radius 2 is 2.06 bits per heavy atom. The van der Waals surface area contributed by atoms with E-state index in [0.29, 0.717) is 35.2 Å². The summed E-state index contributed by atoms with van der Waals surface area (Å²) < 4.78 is 14.8. The maximum Gasteiger partial charge on any atom is 0.206 e. The topological polar surface area (TPSA) is 61.3 Å². The van der Waals surface area contributed by atoms with E-state index >= 15 is 0 Å². The number of carbonyl (C=O) groups excluding carboxylic acids is 1. The van der Waals surface area contributed by atoms with Gasteiger partial charge in [-0.25, -0.2) is 0 Å². The van der Waals surface area contributed by atoms with Crippen molar-refractivity contribution < 1.29 is 14.3 Å². The third-order valence-electron chi connectivity index (χ3n) is 2.59. The molecule has 5 nitrogen and oxygen atoms in total. The summed E-state index contributed by atoms with van der Waals surface area (Å²) >= 11 is 1.08. The van der Waals surface area contributed by atoms with Gasteiger partial charge in [-0.15, -0.1) is 5.10 Å². The molecule has 1 aliphatic heterocycles. The van der Waals surface area contributed by atoms with Gasteiger partial charge in [-0.1, -0.05) is 4.49 Å². The molecule has 0 unspecified atom stereocenters. The highest BCUT2D eigenvalue weighted by Gasteiger charge is 2.16. The molecule has 2 heterocycles. The Bertz CT molecular complexity index is 569. The highest BCUT2D eigenvalue weighted by molar-refractivity contribution is 7.08. The van der Waals surface area contributed by atoms with Crippen molar-refractivity contribution in [3.05, 3.63) is 34.8 Å². The average Bonchev–Trinajstić information content (AvgIpc) is 2.83. The number of benzene rings is 1. The summed E-state index contributed by atoms with van der Waals surface area (Å²) in [5.41, 5.74) is 0.560. The summed E-state index contributed by atoms with van der Waals surface area (Å²) in [6.45, 7) is 1.24. The fourth-order valence-electron chi connectivity index (χ4n) is 1.71. The van der Waals surface area contributed by atoms with Gasteiger partial charge in [0.05, 0.1) is 19.4 Å². The van der Waals surface area contributed by atoms with Crippen LogP contribution in [0.3, 0.4) is 0 Å². The highest BCUT2D eigenvalue weighted by Crippen LogP contribution is 2.31. The monoisotopic (exact) mass is 262 g/mol. The Hall–Kier alpha value is -1.95. The number of carbonyl (C=O) groups is 1. The average molecular weight is 262 g/mol. The first-order valence-corrected chi connectivity index (χ1v) is 6.33. The lowest BCUT2D eigenvalue weighted by Crippen LogP contribution is -2.00. The molecule has 1 aromatic carbocycles. The molecule has 92 valence electrons. The Kier molecular flexibility index (Phi) is 2.93. The molecule has 0 spiro atoms. The van der Waals surface area contributed by atoms with Crippen molar-refractivity contribution in [3.8, 4) is 11.5 Å². The maximum absolute atomic E-state index is 12.1. The molecule has 1 aromatic heterocycles. The standard InChI is InChI=1S/C12H10N2O3S/c15-12(11-7-13-14-18-11)8-2-3-9-10(6-8)17-5-1-4-16-9/h2-3,6-7H,1,4-5H2. The fourth-order valence-corrected chi connectivity index (χ4v) is 2.19. The smallest absolute Gasteiger partial charge is 0.206 e. The quantitative estimate of drug-likeness (QED) is 0.774. The third kappa shape index (κ3) is 2.06. The van der Waals surface area contributed by atoms with Crippen LogP contribution in [0.5, 0.6) is 11.5 Å². The van der Waals surface area contributed by atoms with Crippen molar-refractivity contribution in [2.75, 3.05) is 13.2 Å². The molecule has 1 aliphatic rings. The molecule has 0 fully saturated rings. The van der Waals surface area contributed by atoms with Gasteiger partial charge in [-0.05, 0) is 29.7 Å². The summed E-state index contributed by atoms with van der Waals surface area (Å²) in [7, 11) is 0. The van der Waals surface area contributed by atoms with Gasteiger partial charge in [0.25, 0.3) is 0 Å². The number of nitrogens with zero attached hydrogens (tertiary/aromatic N) is 2. The van der Waals surface area contributed by atoms with Gasteiger partial charge in [0, 0.05) is 12.0 Å². The van der Waals surface area contributed by atoms with E-state index in [1.807, 2.05) is 0 Å². The number of hydrogen-bond donors (Lipinski definition) is 0. The Morgan fingerprint density at radius 3 is 2.83 bits per heavy atom. The minimum absolute atomic E-state index is 0.0966. The van der Waals surface area contributed by atoms with Crippen LogP contribution in [0.2, 0.25) is 0 Å². The maximum atomic E-state index is 12.1. The molecule has 0 aliphatic carbocycles. The number of ketones is 1. The third-order valence-corrected chi connectivity index (χ3v) is 3.26. The lowest BCUT2D eigenvalue weighted by atomic mass is 10.1. The van der Waals surface area contributed by atoms with Gasteiger partial charge in [0.15, 0.2) is 11.5 Å². The second-order valence-corrected chi connectivity index (χ2v) is 4.61. The predicted molar refractivity (Wildman–Crippen MR) is 65.4 cm³/mol. The molecule has 6 heteroatoms.